The smallest absolute Gasteiger partial charge is 0.223 e. The van der Waals surface area contributed by atoms with Crippen LogP contribution in [0.5, 0.6) is 0 Å². The Morgan fingerprint density at radius 3 is 2.62 bits per heavy atom. The van der Waals surface area contributed by atoms with Crippen molar-refractivity contribution in [2.45, 2.75) is 38.8 Å². The molecule has 3 rings (SSSR count). The fourth-order valence-corrected chi connectivity index (χ4v) is 3.25. The molecule has 1 N–H and O–H groups in total. The molecule has 0 unspecified atom stereocenters. The summed E-state index contributed by atoms with van der Waals surface area (Å²) in [6.45, 7) is 3.96. The van der Waals surface area contributed by atoms with E-state index < -0.39 is 0 Å². The van der Waals surface area contributed by atoms with Crippen molar-refractivity contribution in [3.63, 3.8) is 0 Å². The second-order valence-corrected chi connectivity index (χ2v) is 6.11. The number of nitrogens with one attached hydrogen (secondary N) is 1. The lowest BCUT2D eigenvalue weighted by Gasteiger charge is -2.18. The number of nitrogens with zero attached hydrogens (tertiary/aromatic N) is 1. The summed E-state index contributed by atoms with van der Waals surface area (Å²) in [7, 11) is 0. The van der Waals surface area contributed by atoms with Crippen LogP contribution < -0.4 is 5.32 Å². The van der Waals surface area contributed by atoms with Gasteiger partial charge in [-0.2, -0.15) is 0 Å². The van der Waals surface area contributed by atoms with Gasteiger partial charge in [0, 0.05) is 32.1 Å². The van der Waals surface area contributed by atoms with E-state index in [0.717, 1.165) is 51.9 Å². The first-order valence-corrected chi connectivity index (χ1v) is 8.05. The van der Waals surface area contributed by atoms with Gasteiger partial charge in [0.15, 0.2) is 0 Å². The number of amides is 1. The molecule has 2 aliphatic rings. The summed E-state index contributed by atoms with van der Waals surface area (Å²) in [4.78, 5) is 14.5. The third-order valence-electron chi connectivity index (χ3n) is 4.50. The van der Waals surface area contributed by atoms with Gasteiger partial charge in [0.2, 0.25) is 5.91 Å². The highest BCUT2D eigenvalue weighted by atomic mass is 16.1. The molecule has 0 saturated carbocycles. The molecular formula is C18H24N2O. The fraction of sp³-hybridized carbons (Fsp3) is 0.500. The van der Waals surface area contributed by atoms with Crippen LogP contribution in [0.2, 0.25) is 0 Å². The molecule has 1 aromatic carbocycles. The topological polar surface area (TPSA) is 32.3 Å². The van der Waals surface area contributed by atoms with Crippen molar-refractivity contribution >= 4 is 5.91 Å². The number of carbonyl (C=O) groups is 1. The first-order chi connectivity index (χ1) is 10.3. The first-order valence-electron chi connectivity index (χ1n) is 8.05. The van der Waals surface area contributed by atoms with Crippen molar-refractivity contribution in [1.29, 1.82) is 0 Å². The number of rotatable bonds is 5. The summed E-state index contributed by atoms with van der Waals surface area (Å²) in [5.74, 6) is 0.440. The van der Waals surface area contributed by atoms with E-state index in [4.69, 9.17) is 0 Å². The highest BCUT2D eigenvalue weighted by Crippen LogP contribution is 2.22. The lowest BCUT2D eigenvalue weighted by atomic mass is 9.94. The molecule has 112 valence electrons. The highest BCUT2D eigenvalue weighted by Gasteiger charge is 2.19. The quantitative estimate of drug-likeness (QED) is 0.666. The minimum atomic E-state index is 0.200. The van der Waals surface area contributed by atoms with Crippen LogP contribution in [0, 0.1) is 5.92 Å². The van der Waals surface area contributed by atoms with Crippen LogP contribution in [0.4, 0.5) is 0 Å². The molecule has 3 nitrogen and oxygen atoms in total. The number of allylic oxidation sites excluding steroid dienone is 2. The zero-order valence-corrected chi connectivity index (χ0v) is 12.6. The SMILES string of the molecule is O=C(NCCCN1Cc2ccccc2C1)[C@H]1CC=CCC1. The van der Waals surface area contributed by atoms with Gasteiger partial charge < -0.3 is 5.32 Å². The summed E-state index contributed by atoms with van der Waals surface area (Å²) >= 11 is 0. The van der Waals surface area contributed by atoms with E-state index in [9.17, 15) is 4.79 Å². The number of benzene rings is 1. The molecule has 1 aliphatic carbocycles. The van der Waals surface area contributed by atoms with Crippen molar-refractivity contribution in [3.05, 3.63) is 47.5 Å². The van der Waals surface area contributed by atoms with Crippen molar-refractivity contribution in [1.82, 2.24) is 10.2 Å². The Morgan fingerprint density at radius 1 is 1.19 bits per heavy atom. The standard InChI is InChI=1S/C18H24N2O/c21-18(15-7-2-1-3-8-15)19-11-6-12-20-13-16-9-4-5-10-17(16)14-20/h1-2,4-5,9-10,15H,3,6-8,11-14H2,(H,19,21)/t15-/m0/s1. The van der Waals surface area contributed by atoms with Gasteiger partial charge >= 0.3 is 0 Å². The monoisotopic (exact) mass is 284 g/mol. The Morgan fingerprint density at radius 2 is 1.95 bits per heavy atom. The van der Waals surface area contributed by atoms with Gasteiger partial charge in [-0.3, -0.25) is 9.69 Å². The third-order valence-corrected chi connectivity index (χ3v) is 4.50. The van der Waals surface area contributed by atoms with E-state index >= 15 is 0 Å². The van der Waals surface area contributed by atoms with Gasteiger partial charge in [0.25, 0.3) is 0 Å². The molecule has 21 heavy (non-hydrogen) atoms. The van der Waals surface area contributed by atoms with Crippen LogP contribution in [-0.4, -0.2) is 23.9 Å². The van der Waals surface area contributed by atoms with Crippen molar-refractivity contribution in [2.24, 2.45) is 5.92 Å². The number of carbonyl (C=O) groups excluding carboxylic acids is 1. The van der Waals surface area contributed by atoms with E-state index in [2.05, 4.69) is 46.6 Å². The maximum Gasteiger partial charge on any atom is 0.223 e. The largest absolute Gasteiger partial charge is 0.356 e. The van der Waals surface area contributed by atoms with Gasteiger partial charge in [-0.1, -0.05) is 36.4 Å². The predicted octanol–water partition coefficient (Wildman–Crippen LogP) is 2.86. The molecule has 0 saturated heterocycles. The first kappa shape index (κ1) is 14.3. The average Bonchev–Trinajstić information content (AvgIpc) is 2.95. The van der Waals surface area contributed by atoms with Gasteiger partial charge in [-0.05, 0) is 36.8 Å². The molecule has 0 spiro atoms. The number of hydrogen-bond donors (Lipinski definition) is 1. The number of fused-ring (bicyclic) bond motifs is 1. The maximum absolute atomic E-state index is 12.0. The van der Waals surface area contributed by atoms with Crippen molar-refractivity contribution in [2.75, 3.05) is 13.1 Å². The van der Waals surface area contributed by atoms with Gasteiger partial charge in [-0.25, -0.2) is 0 Å². The second kappa shape index (κ2) is 6.90. The molecule has 0 radical (unpaired) electrons. The Hall–Kier alpha value is -1.61. The zero-order chi connectivity index (χ0) is 14.5. The van der Waals surface area contributed by atoms with Crippen LogP contribution in [-0.2, 0) is 17.9 Å². The van der Waals surface area contributed by atoms with Crippen molar-refractivity contribution in [3.8, 4) is 0 Å². The molecule has 0 fully saturated rings. The van der Waals surface area contributed by atoms with Gasteiger partial charge in [0.05, 0.1) is 0 Å². The highest BCUT2D eigenvalue weighted by molar-refractivity contribution is 5.78. The Bertz CT molecular complexity index is 499. The molecule has 1 aromatic rings. The lowest BCUT2D eigenvalue weighted by Crippen LogP contribution is -2.33. The molecule has 0 aromatic heterocycles. The lowest BCUT2D eigenvalue weighted by molar-refractivity contribution is -0.125. The molecular weight excluding hydrogens is 260 g/mol. The maximum atomic E-state index is 12.0. The Balaban J connectivity index is 1.34. The molecule has 1 aliphatic heterocycles. The molecule has 1 atom stereocenters. The fourth-order valence-electron chi connectivity index (χ4n) is 3.25. The van der Waals surface area contributed by atoms with Gasteiger partial charge in [0.1, 0.15) is 0 Å². The number of hydrogen-bond acceptors (Lipinski definition) is 2. The van der Waals surface area contributed by atoms with Gasteiger partial charge in [-0.15, -0.1) is 0 Å². The van der Waals surface area contributed by atoms with E-state index in [1.807, 2.05) is 0 Å². The van der Waals surface area contributed by atoms with Crippen LogP contribution in [0.25, 0.3) is 0 Å². The van der Waals surface area contributed by atoms with E-state index in [1.54, 1.807) is 0 Å². The van der Waals surface area contributed by atoms with E-state index in [-0.39, 0.29) is 11.8 Å². The van der Waals surface area contributed by atoms with Crippen LogP contribution >= 0.6 is 0 Å². The van der Waals surface area contributed by atoms with Crippen LogP contribution in [0.1, 0.15) is 36.8 Å². The zero-order valence-electron chi connectivity index (χ0n) is 12.6. The summed E-state index contributed by atoms with van der Waals surface area (Å²) in [6, 6.07) is 8.66. The summed E-state index contributed by atoms with van der Waals surface area (Å²) in [6.07, 6.45) is 8.30. The Labute approximate surface area is 127 Å². The minimum Gasteiger partial charge on any atom is -0.356 e. The van der Waals surface area contributed by atoms with Crippen LogP contribution in [0.15, 0.2) is 36.4 Å². The summed E-state index contributed by atoms with van der Waals surface area (Å²) < 4.78 is 0. The van der Waals surface area contributed by atoms with E-state index in [0.29, 0.717) is 0 Å². The van der Waals surface area contributed by atoms with Crippen LogP contribution in [0.3, 0.4) is 0 Å². The molecule has 1 heterocycles. The third kappa shape index (κ3) is 3.73. The summed E-state index contributed by atoms with van der Waals surface area (Å²) in [5, 5.41) is 3.10. The average molecular weight is 284 g/mol. The Kier molecular flexibility index (Phi) is 4.71. The predicted molar refractivity (Wildman–Crippen MR) is 84.7 cm³/mol. The molecule has 0 bridgehead atoms. The van der Waals surface area contributed by atoms with Crippen molar-refractivity contribution < 1.29 is 4.79 Å². The van der Waals surface area contributed by atoms with E-state index in [1.165, 1.54) is 11.1 Å². The molecule has 1 amide bonds. The second-order valence-electron chi connectivity index (χ2n) is 6.11. The normalized spacial score (nSPS) is 21.2. The molecule has 3 heteroatoms. The summed E-state index contributed by atoms with van der Waals surface area (Å²) in [5.41, 5.74) is 2.91. The minimum absolute atomic E-state index is 0.200.